The van der Waals surface area contributed by atoms with Crippen molar-refractivity contribution in [1.82, 2.24) is 0 Å². The minimum atomic E-state index is -0.529. The maximum atomic E-state index is 13.4. The van der Waals surface area contributed by atoms with Gasteiger partial charge in [0.2, 0.25) is 0 Å². The number of anilines is 1. The third-order valence-electron chi connectivity index (χ3n) is 2.20. The fourth-order valence-electron chi connectivity index (χ4n) is 1.30. The van der Waals surface area contributed by atoms with Crippen molar-refractivity contribution in [3.05, 3.63) is 41.5 Å². The first-order valence-corrected chi connectivity index (χ1v) is 5.57. The van der Waals surface area contributed by atoms with Gasteiger partial charge in [-0.15, -0.1) is 0 Å². The summed E-state index contributed by atoms with van der Waals surface area (Å²) in [5.74, 6) is -1.47. The molecule has 0 amide bonds. The molecule has 18 heavy (non-hydrogen) atoms. The van der Waals surface area contributed by atoms with Crippen LogP contribution in [0.4, 0.5) is 14.5 Å². The van der Waals surface area contributed by atoms with Gasteiger partial charge in [-0.2, -0.15) is 0 Å². The maximum Gasteiger partial charge on any atom is 0.330 e. The monoisotopic (exact) mass is 255 g/mol. The van der Waals surface area contributed by atoms with Gasteiger partial charge >= 0.3 is 5.97 Å². The molecule has 0 saturated heterocycles. The standard InChI is InChI=1S/C13H15F2NO2/c1-3-18-13(17)5-4-6-16-12-8-10(14)9(2)7-11(12)15/h4-5,7-8,16H,3,6H2,1-2H3/b5-4+. The van der Waals surface area contributed by atoms with Gasteiger partial charge in [-0.25, -0.2) is 13.6 Å². The molecule has 0 aliphatic carbocycles. The van der Waals surface area contributed by atoms with Gasteiger partial charge in [0, 0.05) is 18.7 Å². The Hall–Kier alpha value is -1.91. The molecule has 0 aromatic heterocycles. The number of rotatable bonds is 5. The molecular weight excluding hydrogens is 240 g/mol. The van der Waals surface area contributed by atoms with Crippen LogP contribution in [-0.2, 0) is 9.53 Å². The molecule has 1 N–H and O–H groups in total. The zero-order valence-electron chi connectivity index (χ0n) is 10.3. The Kier molecular flexibility index (Phi) is 5.30. The molecule has 98 valence electrons. The number of hydrogen-bond donors (Lipinski definition) is 1. The van der Waals surface area contributed by atoms with Crippen molar-refractivity contribution in [1.29, 1.82) is 0 Å². The summed E-state index contributed by atoms with van der Waals surface area (Å²) in [6, 6.07) is 2.20. The van der Waals surface area contributed by atoms with E-state index in [1.807, 2.05) is 0 Å². The van der Waals surface area contributed by atoms with E-state index < -0.39 is 17.6 Å². The van der Waals surface area contributed by atoms with Crippen LogP contribution in [0.3, 0.4) is 0 Å². The fraction of sp³-hybridized carbons (Fsp3) is 0.308. The van der Waals surface area contributed by atoms with Gasteiger partial charge in [0.15, 0.2) is 0 Å². The molecule has 0 bridgehead atoms. The van der Waals surface area contributed by atoms with Crippen molar-refractivity contribution < 1.29 is 18.3 Å². The summed E-state index contributed by atoms with van der Waals surface area (Å²) in [6.45, 7) is 3.70. The number of esters is 1. The lowest BCUT2D eigenvalue weighted by Crippen LogP contribution is -2.04. The van der Waals surface area contributed by atoms with Gasteiger partial charge in [-0.1, -0.05) is 6.08 Å². The molecule has 0 spiro atoms. The van der Waals surface area contributed by atoms with Crippen molar-refractivity contribution in [3.63, 3.8) is 0 Å². The van der Waals surface area contributed by atoms with Crippen LogP contribution in [0.2, 0.25) is 0 Å². The molecule has 0 unspecified atom stereocenters. The molecule has 0 radical (unpaired) electrons. The summed E-state index contributed by atoms with van der Waals surface area (Å²) in [7, 11) is 0. The van der Waals surface area contributed by atoms with Gasteiger partial charge < -0.3 is 10.1 Å². The largest absolute Gasteiger partial charge is 0.463 e. The number of halogens is 2. The van der Waals surface area contributed by atoms with E-state index in [9.17, 15) is 13.6 Å². The highest BCUT2D eigenvalue weighted by molar-refractivity contribution is 5.81. The smallest absolute Gasteiger partial charge is 0.330 e. The van der Waals surface area contributed by atoms with E-state index in [2.05, 4.69) is 10.1 Å². The van der Waals surface area contributed by atoms with E-state index >= 15 is 0 Å². The van der Waals surface area contributed by atoms with Crippen molar-refractivity contribution >= 4 is 11.7 Å². The van der Waals surface area contributed by atoms with E-state index in [-0.39, 0.29) is 17.8 Å². The number of carbonyl (C=O) groups is 1. The van der Waals surface area contributed by atoms with Crippen LogP contribution in [0.1, 0.15) is 12.5 Å². The summed E-state index contributed by atoms with van der Waals surface area (Å²) >= 11 is 0. The second-order valence-electron chi connectivity index (χ2n) is 3.62. The Morgan fingerprint density at radius 3 is 2.78 bits per heavy atom. The topological polar surface area (TPSA) is 38.3 Å². The summed E-state index contributed by atoms with van der Waals surface area (Å²) in [4.78, 5) is 10.9. The molecule has 0 heterocycles. The fourth-order valence-corrected chi connectivity index (χ4v) is 1.30. The molecule has 0 aliphatic rings. The minimum Gasteiger partial charge on any atom is -0.463 e. The van der Waals surface area contributed by atoms with Gasteiger partial charge in [0.05, 0.1) is 12.3 Å². The lowest BCUT2D eigenvalue weighted by molar-refractivity contribution is -0.137. The number of aryl methyl sites for hydroxylation is 1. The molecule has 0 atom stereocenters. The zero-order chi connectivity index (χ0) is 13.5. The normalized spacial score (nSPS) is 10.7. The van der Waals surface area contributed by atoms with E-state index in [0.29, 0.717) is 6.61 Å². The summed E-state index contributed by atoms with van der Waals surface area (Å²) < 4.78 is 31.3. The summed E-state index contributed by atoms with van der Waals surface area (Å²) in [5, 5.41) is 2.67. The van der Waals surface area contributed by atoms with Crippen molar-refractivity contribution in [3.8, 4) is 0 Å². The minimum absolute atomic E-state index is 0.0617. The molecule has 0 fully saturated rings. The number of ether oxygens (including phenoxy) is 1. The number of benzene rings is 1. The van der Waals surface area contributed by atoms with Gasteiger partial charge in [-0.05, 0) is 25.5 Å². The van der Waals surface area contributed by atoms with E-state index in [0.717, 1.165) is 12.1 Å². The van der Waals surface area contributed by atoms with E-state index in [4.69, 9.17) is 0 Å². The third kappa shape index (κ3) is 4.16. The highest BCUT2D eigenvalue weighted by Crippen LogP contribution is 2.18. The molecule has 1 rings (SSSR count). The number of hydrogen-bond acceptors (Lipinski definition) is 3. The average Bonchev–Trinajstić information content (AvgIpc) is 2.31. The second-order valence-corrected chi connectivity index (χ2v) is 3.62. The third-order valence-corrected chi connectivity index (χ3v) is 2.20. The SMILES string of the molecule is CCOC(=O)/C=C/CNc1cc(F)c(C)cc1F. The average molecular weight is 255 g/mol. The first-order chi connectivity index (χ1) is 8.54. The van der Waals surface area contributed by atoms with Crippen LogP contribution < -0.4 is 5.32 Å². The molecule has 3 nitrogen and oxygen atoms in total. The Balaban J connectivity index is 2.54. The predicted molar refractivity (Wildman–Crippen MR) is 65.4 cm³/mol. The van der Waals surface area contributed by atoms with Gasteiger partial charge in [-0.3, -0.25) is 0 Å². The molecule has 0 aliphatic heterocycles. The van der Waals surface area contributed by atoms with E-state index in [1.165, 1.54) is 19.1 Å². The first-order valence-electron chi connectivity index (χ1n) is 5.57. The second kappa shape index (κ2) is 6.74. The highest BCUT2D eigenvalue weighted by Gasteiger charge is 2.05. The van der Waals surface area contributed by atoms with Gasteiger partial charge in [0.25, 0.3) is 0 Å². The molecule has 0 saturated carbocycles. The van der Waals surface area contributed by atoms with Crippen molar-refractivity contribution in [2.24, 2.45) is 0 Å². The molecular formula is C13H15F2NO2. The highest BCUT2D eigenvalue weighted by atomic mass is 19.1. The Labute approximate surface area is 104 Å². The van der Waals surface area contributed by atoms with Gasteiger partial charge in [0.1, 0.15) is 11.6 Å². The van der Waals surface area contributed by atoms with Crippen molar-refractivity contribution in [2.45, 2.75) is 13.8 Å². The van der Waals surface area contributed by atoms with Crippen LogP contribution >= 0.6 is 0 Å². The molecule has 5 heteroatoms. The van der Waals surface area contributed by atoms with Crippen LogP contribution in [-0.4, -0.2) is 19.1 Å². The van der Waals surface area contributed by atoms with Crippen LogP contribution in [0.15, 0.2) is 24.3 Å². The van der Waals surface area contributed by atoms with Crippen LogP contribution in [0.25, 0.3) is 0 Å². The first kappa shape index (κ1) is 14.2. The predicted octanol–water partition coefficient (Wildman–Crippen LogP) is 2.80. The van der Waals surface area contributed by atoms with Crippen LogP contribution in [0.5, 0.6) is 0 Å². The van der Waals surface area contributed by atoms with Crippen LogP contribution in [0, 0.1) is 18.6 Å². The summed E-state index contributed by atoms with van der Waals surface area (Å²) in [5.41, 5.74) is 0.312. The maximum absolute atomic E-state index is 13.4. The quantitative estimate of drug-likeness (QED) is 0.649. The number of nitrogens with one attached hydrogen (secondary N) is 1. The van der Waals surface area contributed by atoms with Crippen molar-refractivity contribution in [2.75, 3.05) is 18.5 Å². The number of carbonyl (C=O) groups excluding carboxylic acids is 1. The summed E-state index contributed by atoms with van der Waals surface area (Å²) in [6.07, 6.45) is 2.72. The Morgan fingerprint density at radius 1 is 1.39 bits per heavy atom. The molecule has 1 aromatic carbocycles. The lowest BCUT2D eigenvalue weighted by atomic mass is 10.2. The Morgan fingerprint density at radius 2 is 2.11 bits per heavy atom. The zero-order valence-corrected chi connectivity index (χ0v) is 10.3. The lowest BCUT2D eigenvalue weighted by Gasteiger charge is -2.06. The molecule has 1 aromatic rings. The Bertz CT molecular complexity index is 459. The van der Waals surface area contributed by atoms with E-state index in [1.54, 1.807) is 6.92 Å².